The zero-order chi connectivity index (χ0) is 43.0. The monoisotopic (exact) mass is 832 g/mol. The van der Waals surface area contributed by atoms with Crippen molar-refractivity contribution in [2.24, 2.45) is 0 Å². The first-order valence-corrected chi connectivity index (χ1v) is 26.1. The Labute approximate surface area is 367 Å². The van der Waals surface area contributed by atoms with Gasteiger partial charge in [-0.3, -0.25) is 9.59 Å². The van der Waals surface area contributed by atoms with E-state index in [1.165, 1.54) is 205 Å². The summed E-state index contributed by atoms with van der Waals surface area (Å²) in [4.78, 5) is 24.4. The minimum absolute atomic E-state index is 0.000103. The van der Waals surface area contributed by atoms with Crippen molar-refractivity contribution in [3.8, 4) is 0 Å². The Morgan fingerprint density at radius 2 is 0.797 bits per heavy atom. The van der Waals surface area contributed by atoms with Crippen LogP contribution in [0.1, 0.15) is 277 Å². The van der Waals surface area contributed by atoms with Crippen molar-refractivity contribution in [1.29, 1.82) is 0 Å². The zero-order valence-electron chi connectivity index (χ0n) is 39.5. The molecule has 0 rings (SSSR count). The number of unbranched alkanes of at least 4 members (excludes halogenated alkanes) is 35. The predicted octanol–water partition coefficient (Wildman–Crippen LogP) is 15.5. The molecule has 0 spiro atoms. The molecule has 0 aromatic heterocycles. The van der Waals surface area contributed by atoms with Crippen LogP contribution in [0.2, 0.25) is 0 Å². The van der Waals surface area contributed by atoms with Gasteiger partial charge in [0.2, 0.25) is 5.91 Å². The molecule has 6 nitrogen and oxygen atoms in total. The molecule has 59 heavy (non-hydrogen) atoms. The van der Waals surface area contributed by atoms with E-state index >= 15 is 0 Å². The summed E-state index contributed by atoms with van der Waals surface area (Å²) in [5.41, 5.74) is 0. The lowest BCUT2D eigenvalue weighted by molar-refractivity contribution is -0.143. The Morgan fingerprint density at radius 3 is 1.22 bits per heavy atom. The van der Waals surface area contributed by atoms with E-state index in [9.17, 15) is 19.8 Å². The van der Waals surface area contributed by atoms with Gasteiger partial charge in [0.15, 0.2) is 0 Å². The van der Waals surface area contributed by atoms with Gasteiger partial charge >= 0.3 is 5.97 Å². The summed E-state index contributed by atoms with van der Waals surface area (Å²) >= 11 is 0. The van der Waals surface area contributed by atoms with E-state index in [0.717, 1.165) is 44.9 Å². The number of aliphatic hydroxyl groups excluding tert-OH is 2. The summed E-state index contributed by atoms with van der Waals surface area (Å²) in [6.45, 7) is 4.85. The van der Waals surface area contributed by atoms with Crippen LogP contribution in [0, 0.1) is 0 Å². The molecule has 0 aromatic rings. The second-order valence-corrected chi connectivity index (χ2v) is 17.9. The van der Waals surface area contributed by atoms with Gasteiger partial charge in [0.1, 0.15) is 0 Å². The van der Waals surface area contributed by atoms with Crippen molar-refractivity contribution in [3.05, 3.63) is 24.3 Å². The van der Waals surface area contributed by atoms with Crippen molar-refractivity contribution in [2.45, 2.75) is 289 Å². The fourth-order valence-electron chi connectivity index (χ4n) is 7.92. The molecule has 0 aliphatic carbocycles. The molecule has 1 amide bonds. The maximum absolute atomic E-state index is 12.4. The summed E-state index contributed by atoms with van der Waals surface area (Å²) < 4.78 is 5.46. The summed E-state index contributed by atoms with van der Waals surface area (Å²) in [5, 5.41) is 22.9. The van der Waals surface area contributed by atoms with Crippen LogP contribution in [-0.4, -0.2) is 47.4 Å². The summed E-state index contributed by atoms with van der Waals surface area (Å²) in [6.07, 6.45) is 57.6. The zero-order valence-corrected chi connectivity index (χ0v) is 39.5. The summed E-state index contributed by atoms with van der Waals surface area (Å²) in [7, 11) is 0. The van der Waals surface area contributed by atoms with Crippen molar-refractivity contribution in [1.82, 2.24) is 5.32 Å². The Morgan fingerprint density at radius 1 is 0.458 bits per heavy atom. The first-order valence-electron chi connectivity index (χ1n) is 26.1. The maximum Gasteiger partial charge on any atom is 0.305 e. The topological polar surface area (TPSA) is 95.9 Å². The molecular formula is C53H101NO5. The lowest BCUT2D eigenvalue weighted by atomic mass is 10.0. The fraction of sp³-hybridized carbons (Fsp3) is 0.887. The second kappa shape index (κ2) is 49.0. The molecule has 348 valence electrons. The molecule has 0 aromatic carbocycles. The van der Waals surface area contributed by atoms with Gasteiger partial charge < -0.3 is 20.3 Å². The van der Waals surface area contributed by atoms with Crippen LogP contribution in [-0.2, 0) is 14.3 Å². The number of amides is 1. The number of esters is 1. The molecule has 0 heterocycles. The molecule has 0 saturated carbocycles. The molecule has 3 N–H and O–H groups in total. The van der Waals surface area contributed by atoms with Gasteiger partial charge in [-0.1, -0.05) is 231 Å². The number of aliphatic hydroxyl groups is 2. The maximum atomic E-state index is 12.4. The Hall–Kier alpha value is -1.66. The lowest BCUT2D eigenvalue weighted by Gasteiger charge is -2.20. The molecule has 0 saturated heterocycles. The Balaban J connectivity index is 3.39. The second-order valence-electron chi connectivity index (χ2n) is 17.9. The third kappa shape index (κ3) is 45.7. The average Bonchev–Trinajstić information content (AvgIpc) is 3.24. The van der Waals surface area contributed by atoms with Crippen LogP contribution in [0.5, 0.6) is 0 Å². The van der Waals surface area contributed by atoms with Crippen molar-refractivity contribution >= 4 is 11.9 Å². The minimum Gasteiger partial charge on any atom is -0.466 e. The summed E-state index contributed by atoms with van der Waals surface area (Å²) in [5.74, 6) is -0.0727. The van der Waals surface area contributed by atoms with E-state index in [0.29, 0.717) is 19.4 Å². The minimum atomic E-state index is -0.843. The number of rotatable bonds is 48. The number of nitrogens with one attached hydrogen (secondary N) is 1. The highest BCUT2D eigenvalue weighted by molar-refractivity contribution is 5.76. The van der Waals surface area contributed by atoms with E-state index in [4.69, 9.17) is 4.74 Å². The molecule has 0 radical (unpaired) electrons. The Kier molecular flexibility index (Phi) is 47.6. The first kappa shape index (κ1) is 57.3. The number of hydrogen-bond acceptors (Lipinski definition) is 5. The number of carbonyl (C=O) groups is 2. The molecule has 2 atom stereocenters. The normalized spacial score (nSPS) is 12.8. The quantitative estimate of drug-likeness (QED) is 0.0322. The SMILES string of the molecule is CCCCCC/C=C\CCCCCCCC(=O)OCCCCCCCCCCCCCCCCCCCCCCC(=O)NC(CO)C(O)/C=C/CCCCCCCCC. The molecular weight excluding hydrogens is 731 g/mol. The molecule has 6 heteroatoms. The summed E-state index contributed by atoms with van der Waals surface area (Å²) in [6, 6.07) is -0.626. The van der Waals surface area contributed by atoms with Gasteiger partial charge in [0.25, 0.3) is 0 Å². The van der Waals surface area contributed by atoms with Gasteiger partial charge in [-0.2, -0.15) is 0 Å². The van der Waals surface area contributed by atoms with Crippen LogP contribution in [0.15, 0.2) is 24.3 Å². The van der Waals surface area contributed by atoms with Crippen LogP contribution < -0.4 is 5.32 Å². The predicted molar refractivity (Wildman–Crippen MR) is 255 cm³/mol. The largest absolute Gasteiger partial charge is 0.466 e. The smallest absolute Gasteiger partial charge is 0.305 e. The lowest BCUT2D eigenvalue weighted by Crippen LogP contribution is -2.45. The molecule has 0 aliphatic rings. The van der Waals surface area contributed by atoms with Gasteiger partial charge in [-0.05, 0) is 57.8 Å². The van der Waals surface area contributed by atoms with Crippen molar-refractivity contribution in [3.63, 3.8) is 0 Å². The van der Waals surface area contributed by atoms with Gasteiger partial charge in [-0.25, -0.2) is 0 Å². The highest BCUT2D eigenvalue weighted by Crippen LogP contribution is 2.16. The third-order valence-corrected chi connectivity index (χ3v) is 12.0. The van der Waals surface area contributed by atoms with E-state index in [1.807, 2.05) is 6.08 Å². The van der Waals surface area contributed by atoms with E-state index in [2.05, 4.69) is 31.3 Å². The van der Waals surface area contributed by atoms with Gasteiger partial charge in [0, 0.05) is 12.8 Å². The van der Waals surface area contributed by atoms with E-state index in [-0.39, 0.29) is 18.5 Å². The molecule has 2 unspecified atom stereocenters. The average molecular weight is 832 g/mol. The van der Waals surface area contributed by atoms with Crippen molar-refractivity contribution in [2.75, 3.05) is 13.2 Å². The van der Waals surface area contributed by atoms with Crippen LogP contribution in [0.4, 0.5) is 0 Å². The number of carbonyl (C=O) groups excluding carboxylic acids is 2. The van der Waals surface area contributed by atoms with E-state index in [1.54, 1.807) is 6.08 Å². The third-order valence-electron chi connectivity index (χ3n) is 12.0. The number of allylic oxidation sites excluding steroid dienone is 3. The first-order chi connectivity index (χ1) is 29.0. The Bertz CT molecular complexity index is 920. The number of hydrogen-bond donors (Lipinski definition) is 3. The van der Waals surface area contributed by atoms with Crippen LogP contribution >= 0.6 is 0 Å². The molecule has 0 aliphatic heterocycles. The van der Waals surface area contributed by atoms with Crippen molar-refractivity contribution < 1.29 is 24.5 Å². The molecule has 0 bridgehead atoms. The van der Waals surface area contributed by atoms with Crippen LogP contribution in [0.25, 0.3) is 0 Å². The highest BCUT2D eigenvalue weighted by atomic mass is 16.5. The molecule has 0 fully saturated rings. The van der Waals surface area contributed by atoms with Crippen LogP contribution in [0.3, 0.4) is 0 Å². The highest BCUT2D eigenvalue weighted by Gasteiger charge is 2.18. The fourth-order valence-corrected chi connectivity index (χ4v) is 7.92. The number of ether oxygens (including phenoxy) is 1. The standard InChI is InChI=1S/C53H101NO5/c1-3-5-7-9-11-13-14-23-27-31-35-39-43-47-53(58)59-48-44-40-36-32-28-25-22-20-18-16-15-17-19-21-24-26-30-34-38-42-46-52(57)54-50(49-55)51(56)45-41-37-33-29-12-10-8-6-4-2/h13-14,41,45,50-51,55-56H,3-12,15-40,42-44,46-49H2,1-2H3,(H,54,57)/b14-13-,45-41+. The van der Waals surface area contributed by atoms with E-state index < -0.39 is 12.1 Å². The van der Waals surface area contributed by atoms with Gasteiger partial charge in [0.05, 0.1) is 25.4 Å². The van der Waals surface area contributed by atoms with Gasteiger partial charge in [-0.15, -0.1) is 0 Å².